The number of hydrogen-bond acceptors (Lipinski definition) is 6. The molecule has 0 unspecified atom stereocenters. The highest BCUT2D eigenvalue weighted by Crippen LogP contribution is 2.39. The molecule has 0 spiro atoms. The molecule has 0 atom stereocenters. The Hall–Kier alpha value is -2.47. The van der Waals surface area contributed by atoms with Crippen LogP contribution in [0.25, 0.3) is 10.2 Å². The van der Waals surface area contributed by atoms with Gasteiger partial charge in [0.15, 0.2) is 17.3 Å². The Kier molecular flexibility index (Phi) is 4.24. The third-order valence-electron chi connectivity index (χ3n) is 3.88. The third-order valence-corrected chi connectivity index (χ3v) is 4.99. The molecule has 3 aromatic rings. The van der Waals surface area contributed by atoms with Gasteiger partial charge in [-0.3, -0.25) is 4.79 Å². The Morgan fingerprint density at radius 1 is 1.12 bits per heavy atom. The number of ketones is 1. The lowest BCUT2D eigenvalue weighted by atomic mass is 10.1. The summed E-state index contributed by atoms with van der Waals surface area (Å²) in [5, 5.41) is 0.917. The molecule has 0 saturated carbocycles. The van der Waals surface area contributed by atoms with Crippen molar-refractivity contribution in [2.75, 3.05) is 7.11 Å². The minimum Gasteiger partial charge on any atom is -0.493 e. The summed E-state index contributed by atoms with van der Waals surface area (Å²) in [5.41, 5.74) is 1.69. The van der Waals surface area contributed by atoms with E-state index < -0.39 is 0 Å². The van der Waals surface area contributed by atoms with E-state index in [2.05, 4.69) is 16.9 Å². The van der Waals surface area contributed by atoms with Crippen LogP contribution in [0.5, 0.6) is 17.4 Å². The van der Waals surface area contributed by atoms with Gasteiger partial charge in [0, 0.05) is 10.4 Å². The molecule has 24 heavy (non-hydrogen) atoms. The molecule has 0 aliphatic carbocycles. The Balaban J connectivity index is 2.12. The van der Waals surface area contributed by atoms with E-state index in [0.29, 0.717) is 28.8 Å². The number of Topliss-reactive ketones (excluding diaryl/α,β-unsaturated/α-hetero) is 1. The SMILES string of the molecule is COc1cc(C(C)=O)ccc1Oc1nc(C)nc2sc(C)c(C)c12. The van der Waals surface area contributed by atoms with Crippen LogP contribution < -0.4 is 9.47 Å². The number of thiophene rings is 1. The van der Waals surface area contributed by atoms with Crippen LogP contribution in [0.1, 0.15) is 33.5 Å². The largest absolute Gasteiger partial charge is 0.493 e. The van der Waals surface area contributed by atoms with E-state index in [-0.39, 0.29) is 5.78 Å². The van der Waals surface area contributed by atoms with Gasteiger partial charge in [-0.1, -0.05) is 0 Å². The zero-order valence-corrected chi connectivity index (χ0v) is 15.1. The van der Waals surface area contributed by atoms with Crippen molar-refractivity contribution in [1.29, 1.82) is 0 Å². The molecule has 0 N–H and O–H groups in total. The molecule has 0 aliphatic heterocycles. The fourth-order valence-electron chi connectivity index (χ4n) is 2.46. The van der Waals surface area contributed by atoms with Gasteiger partial charge in [0.05, 0.1) is 12.5 Å². The first-order valence-electron chi connectivity index (χ1n) is 7.52. The van der Waals surface area contributed by atoms with Gasteiger partial charge in [-0.05, 0) is 51.5 Å². The van der Waals surface area contributed by atoms with Gasteiger partial charge < -0.3 is 9.47 Å². The lowest BCUT2D eigenvalue weighted by Gasteiger charge is -2.12. The smallest absolute Gasteiger partial charge is 0.231 e. The van der Waals surface area contributed by atoms with Crippen LogP contribution in [0, 0.1) is 20.8 Å². The Labute approximate surface area is 144 Å². The molecule has 1 aromatic carbocycles. The van der Waals surface area contributed by atoms with Gasteiger partial charge in [0.25, 0.3) is 0 Å². The highest BCUT2D eigenvalue weighted by Gasteiger charge is 2.17. The average Bonchev–Trinajstić information content (AvgIpc) is 2.81. The average molecular weight is 342 g/mol. The van der Waals surface area contributed by atoms with E-state index in [1.165, 1.54) is 11.8 Å². The zero-order chi connectivity index (χ0) is 17.4. The lowest BCUT2D eigenvalue weighted by molar-refractivity contribution is 0.101. The molecule has 6 heteroatoms. The minimum atomic E-state index is -0.0237. The fraction of sp³-hybridized carbons (Fsp3) is 0.278. The molecular weight excluding hydrogens is 324 g/mol. The molecule has 3 rings (SSSR count). The Bertz CT molecular complexity index is 947. The molecule has 0 aliphatic rings. The van der Waals surface area contributed by atoms with Crippen LogP contribution in [0.3, 0.4) is 0 Å². The number of carbonyl (C=O) groups excluding carboxylic acids is 1. The molecule has 2 heterocycles. The molecular formula is C18H18N2O3S. The Morgan fingerprint density at radius 2 is 1.88 bits per heavy atom. The van der Waals surface area contributed by atoms with E-state index in [9.17, 15) is 4.79 Å². The quantitative estimate of drug-likeness (QED) is 0.647. The van der Waals surface area contributed by atoms with E-state index in [1.54, 1.807) is 36.6 Å². The first kappa shape index (κ1) is 16.4. The zero-order valence-electron chi connectivity index (χ0n) is 14.3. The van der Waals surface area contributed by atoms with Crippen LogP contribution in [0.2, 0.25) is 0 Å². The fourth-order valence-corrected chi connectivity index (χ4v) is 3.53. The number of ether oxygens (including phenoxy) is 2. The van der Waals surface area contributed by atoms with E-state index in [1.807, 2.05) is 13.8 Å². The normalized spacial score (nSPS) is 10.9. The summed E-state index contributed by atoms with van der Waals surface area (Å²) < 4.78 is 11.4. The molecule has 5 nitrogen and oxygen atoms in total. The summed E-state index contributed by atoms with van der Waals surface area (Å²) in [7, 11) is 1.55. The van der Waals surface area contributed by atoms with Crippen LogP contribution >= 0.6 is 11.3 Å². The summed E-state index contributed by atoms with van der Waals surface area (Å²) in [4.78, 5) is 22.6. The summed E-state index contributed by atoms with van der Waals surface area (Å²) in [6.45, 7) is 7.45. The number of aromatic nitrogens is 2. The predicted octanol–water partition coefficient (Wildman–Crippen LogP) is 4.62. The maximum Gasteiger partial charge on any atom is 0.231 e. The van der Waals surface area contributed by atoms with Gasteiger partial charge in [0.2, 0.25) is 5.88 Å². The molecule has 0 amide bonds. The van der Waals surface area contributed by atoms with Crippen molar-refractivity contribution in [3.8, 4) is 17.4 Å². The number of fused-ring (bicyclic) bond motifs is 1. The summed E-state index contributed by atoms with van der Waals surface area (Å²) >= 11 is 1.63. The summed E-state index contributed by atoms with van der Waals surface area (Å²) in [5.74, 6) is 2.15. The van der Waals surface area contributed by atoms with Crippen molar-refractivity contribution in [3.05, 3.63) is 40.0 Å². The first-order chi connectivity index (χ1) is 11.4. The van der Waals surface area contributed by atoms with Gasteiger partial charge in [0.1, 0.15) is 10.7 Å². The Morgan fingerprint density at radius 3 is 2.54 bits per heavy atom. The molecule has 0 radical (unpaired) electrons. The van der Waals surface area contributed by atoms with E-state index in [0.717, 1.165) is 15.8 Å². The minimum absolute atomic E-state index is 0.0237. The van der Waals surface area contributed by atoms with Crippen molar-refractivity contribution in [1.82, 2.24) is 9.97 Å². The molecule has 0 fully saturated rings. The highest BCUT2D eigenvalue weighted by molar-refractivity contribution is 7.18. The number of methoxy groups -OCH3 is 1. The van der Waals surface area contributed by atoms with Crippen LogP contribution in [0.15, 0.2) is 18.2 Å². The van der Waals surface area contributed by atoms with Crippen LogP contribution in [0.4, 0.5) is 0 Å². The second-order valence-electron chi connectivity index (χ2n) is 5.56. The maximum absolute atomic E-state index is 11.5. The summed E-state index contributed by atoms with van der Waals surface area (Å²) in [6.07, 6.45) is 0. The molecule has 2 aromatic heterocycles. The predicted molar refractivity (Wildman–Crippen MR) is 94.7 cm³/mol. The highest BCUT2D eigenvalue weighted by atomic mass is 32.1. The van der Waals surface area contributed by atoms with Crippen molar-refractivity contribution in [2.24, 2.45) is 0 Å². The molecule has 0 saturated heterocycles. The number of benzene rings is 1. The van der Waals surface area contributed by atoms with Crippen LogP contribution in [-0.2, 0) is 0 Å². The van der Waals surface area contributed by atoms with Gasteiger partial charge >= 0.3 is 0 Å². The standard InChI is InChI=1S/C18H18N2O3S/c1-9-11(3)24-18-16(9)17(19-12(4)20-18)23-14-7-6-13(10(2)21)8-15(14)22-5/h6-8H,1-5H3. The van der Waals surface area contributed by atoms with Crippen LogP contribution in [-0.4, -0.2) is 22.9 Å². The third kappa shape index (κ3) is 2.85. The second-order valence-corrected chi connectivity index (χ2v) is 6.77. The second kappa shape index (κ2) is 6.20. The van der Waals surface area contributed by atoms with Gasteiger partial charge in [-0.15, -0.1) is 11.3 Å². The number of rotatable bonds is 4. The van der Waals surface area contributed by atoms with E-state index >= 15 is 0 Å². The number of aryl methyl sites for hydroxylation is 3. The number of nitrogens with zero attached hydrogens (tertiary/aromatic N) is 2. The van der Waals surface area contributed by atoms with Crippen molar-refractivity contribution in [2.45, 2.75) is 27.7 Å². The van der Waals surface area contributed by atoms with Crippen molar-refractivity contribution < 1.29 is 14.3 Å². The monoisotopic (exact) mass is 342 g/mol. The van der Waals surface area contributed by atoms with Crippen molar-refractivity contribution >= 4 is 27.3 Å². The summed E-state index contributed by atoms with van der Waals surface area (Å²) in [6, 6.07) is 5.12. The van der Waals surface area contributed by atoms with Gasteiger partial charge in [-0.25, -0.2) is 4.98 Å². The number of carbonyl (C=O) groups is 1. The topological polar surface area (TPSA) is 61.3 Å². The molecule has 0 bridgehead atoms. The lowest BCUT2D eigenvalue weighted by Crippen LogP contribution is -1.98. The first-order valence-corrected chi connectivity index (χ1v) is 8.33. The maximum atomic E-state index is 11.5. The number of hydrogen-bond donors (Lipinski definition) is 0. The molecule has 124 valence electrons. The van der Waals surface area contributed by atoms with Gasteiger partial charge in [-0.2, -0.15) is 4.98 Å². The van der Waals surface area contributed by atoms with Crippen molar-refractivity contribution in [3.63, 3.8) is 0 Å². The van der Waals surface area contributed by atoms with E-state index in [4.69, 9.17) is 9.47 Å².